The first-order valence-electron chi connectivity index (χ1n) is 5.58. The van der Waals surface area contributed by atoms with Crippen LogP contribution in [0.3, 0.4) is 0 Å². The summed E-state index contributed by atoms with van der Waals surface area (Å²) in [7, 11) is 0. The summed E-state index contributed by atoms with van der Waals surface area (Å²) in [5.41, 5.74) is 1.52. The summed E-state index contributed by atoms with van der Waals surface area (Å²) in [6, 6.07) is 8.49. The van der Waals surface area contributed by atoms with Crippen molar-refractivity contribution >= 4 is 11.6 Å². The average Bonchev–Trinajstić information content (AvgIpc) is 2.80. The van der Waals surface area contributed by atoms with Crippen LogP contribution in [0.2, 0.25) is 5.02 Å². The topological polar surface area (TPSA) is 0 Å². The van der Waals surface area contributed by atoms with Gasteiger partial charge in [-0.1, -0.05) is 30.2 Å². The first kappa shape index (κ1) is 8.79. The molecule has 3 atom stereocenters. The molecule has 2 fully saturated rings. The summed E-state index contributed by atoms with van der Waals surface area (Å²) in [6.07, 6.45) is 5.84. The van der Waals surface area contributed by atoms with Gasteiger partial charge in [0.1, 0.15) is 0 Å². The second kappa shape index (κ2) is 3.27. The van der Waals surface area contributed by atoms with Crippen molar-refractivity contribution in [1.29, 1.82) is 0 Å². The molecule has 74 valence electrons. The highest BCUT2D eigenvalue weighted by Gasteiger charge is 2.39. The fourth-order valence-corrected chi connectivity index (χ4v) is 3.49. The molecule has 1 aromatic rings. The van der Waals surface area contributed by atoms with Crippen LogP contribution in [0.15, 0.2) is 24.3 Å². The molecule has 0 N–H and O–H groups in total. The van der Waals surface area contributed by atoms with Crippen LogP contribution in [0.4, 0.5) is 0 Å². The Balaban J connectivity index is 1.86. The van der Waals surface area contributed by atoms with Crippen LogP contribution in [0.25, 0.3) is 0 Å². The van der Waals surface area contributed by atoms with Crippen LogP contribution >= 0.6 is 11.6 Å². The van der Waals surface area contributed by atoms with Crippen molar-refractivity contribution in [2.75, 3.05) is 0 Å². The third-order valence-electron chi connectivity index (χ3n) is 4.04. The van der Waals surface area contributed by atoms with E-state index in [0.717, 1.165) is 22.8 Å². The van der Waals surface area contributed by atoms with Crippen LogP contribution in [-0.2, 0) is 0 Å². The van der Waals surface area contributed by atoms with E-state index in [1.165, 1.54) is 31.2 Å². The molecule has 0 amide bonds. The number of hydrogen-bond acceptors (Lipinski definition) is 0. The van der Waals surface area contributed by atoms with Gasteiger partial charge in [-0.2, -0.15) is 0 Å². The van der Waals surface area contributed by atoms with Crippen LogP contribution in [0, 0.1) is 11.8 Å². The molecule has 0 saturated heterocycles. The van der Waals surface area contributed by atoms with E-state index in [1.807, 2.05) is 12.1 Å². The quantitative estimate of drug-likeness (QED) is 0.645. The van der Waals surface area contributed by atoms with Gasteiger partial charge >= 0.3 is 0 Å². The zero-order chi connectivity index (χ0) is 9.54. The number of hydrogen-bond donors (Lipinski definition) is 0. The third kappa shape index (κ3) is 1.37. The molecule has 0 heterocycles. The maximum absolute atomic E-state index is 5.90. The fourth-order valence-electron chi connectivity index (χ4n) is 3.36. The Morgan fingerprint density at radius 2 is 1.79 bits per heavy atom. The Morgan fingerprint density at radius 1 is 1.00 bits per heavy atom. The van der Waals surface area contributed by atoms with Crippen molar-refractivity contribution in [1.82, 2.24) is 0 Å². The lowest BCUT2D eigenvalue weighted by atomic mass is 9.83. The Labute approximate surface area is 90.3 Å². The van der Waals surface area contributed by atoms with Crippen molar-refractivity contribution in [2.24, 2.45) is 11.8 Å². The normalized spacial score (nSPS) is 35.1. The second-order valence-electron chi connectivity index (χ2n) is 4.83. The third-order valence-corrected chi connectivity index (χ3v) is 4.29. The van der Waals surface area contributed by atoms with Crippen LogP contribution < -0.4 is 0 Å². The highest BCUT2D eigenvalue weighted by molar-refractivity contribution is 6.30. The fraction of sp³-hybridized carbons (Fsp3) is 0.538. The maximum Gasteiger partial charge on any atom is 0.0406 e. The Bertz CT molecular complexity index is 328. The van der Waals surface area contributed by atoms with Gasteiger partial charge in [0.15, 0.2) is 0 Å². The molecule has 0 radical (unpaired) electrons. The molecule has 0 spiro atoms. The molecule has 1 heteroatoms. The zero-order valence-corrected chi connectivity index (χ0v) is 9.00. The van der Waals surface area contributed by atoms with Crippen LogP contribution in [0.1, 0.15) is 37.2 Å². The lowest BCUT2D eigenvalue weighted by Crippen LogP contribution is -2.07. The van der Waals surface area contributed by atoms with Crippen molar-refractivity contribution in [3.63, 3.8) is 0 Å². The number of rotatable bonds is 1. The highest BCUT2D eigenvalue weighted by Crippen LogP contribution is 2.52. The van der Waals surface area contributed by atoms with Crippen molar-refractivity contribution in [2.45, 2.75) is 31.6 Å². The van der Waals surface area contributed by atoms with Gasteiger partial charge in [-0.25, -0.2) is 0 Å². The van der Waals surface area contributed by atoms with E-state index in [1.54, 1.807) is 0 Å². The van der Waals surface area contributed by atoms with E-state index in [0.29, 0.717) is 0 Å². The second-order valence-corrected chi connectivity index (χ2v) is 5.27. The lowest BCUT2D eigenvalue weighted by Gasteiger charge is -2.21. The average molecular weight is 207 g/mol. The molecular formula is C13H15Cl. The molecule has 0 nitrogen and oxygen atoms in total. The summed E-state index contributed by atoms with van der Waals surface area (Å²) in [5, 5.41) is 0.858. The van der Waals surface area contributed by atoms with E-state index < -0.39 is 0 Å². The predicted octanol–water partition coefficient (Wildman–Crippen LogP) is 4.24. The van der Waals surface area contributed by atoms with Crippen molar-refractivity contribution < 1.29 is 0 Å². The standard InChI is InChI=1S/C13H15Cl/c14-12-5-3-10(4-6-12)13-8-9-1-2-11(13)7-9/h3-6,9,11,13H,1-2,7-8H2/t9-,11+,13-/m1/s1. The maximum atomic E-state index is 5.90. The predicted molar refractivity (Wildman–Crippen MR) is 59.6 cm³/mol. The molecule has 2 saturated carbocycles. The molecule has 2 aliphatic rings. The van der Waals surface area contributed by atoms with E-state index in [9.17, 15) is 0 Å². The number of benzene rings is 1. The van der Waals surface area contributed by atoms with Gasteiger partial charge in [0, 0.05) is 5.02 Å². The molecular weight excluding hydrogens is 192 g/mol. The monoisotopic (exact) mass is 206 g/mol. The largest absolute Gasteiger partial charge is 0.0843 e. The van der Waals surface area contributed by atoms with E-state index in [-0.39, 0.29) is 0 Å². The minimum absolute atomic E-state index is 0.839. The first-order valence-corrected chi connectivity index (χ1v) is 5.96. The van der Waals surface area contributed by atoms with Gasteiger partial charge in [0.2, 0.25) is 0 Å². The Morgan fingerprint density at radius 3 is 2.36 bits per heavy atom. The minimum atomic E-state index is 0.839. The molecule has 0 aliphatic heterocycles. The zero-order valence-electron chi connectivity index (χ0n) is 8.25. The first-order chi connectivity index (χ1) is 6.83. The summed E-state index contributed by atoms with van der Waals surface area (Å²) in [6.45, 7) is 0. The van der Waals surface area contributed by atoms with Crippen molar-refractivity contribution in [3.05, 3.63) is 34.9 Å². The van der Waals surface area contributed by atoms with Gasteiger partial charge in [-0.15, -0.1) is 0 Å². The van der Waals surface area contributed by atoms with Gasteiger partial charge in [-0.3, -0.25) is 0 Å². The molecule has 2 bridgehead atoms. The number of halogens is 1. The van der Waals surface area contributed by atoms with Crippen molar-refractivity contribution in [3.8, 4) is 0 Å². The van der Waals surface area contributed by atoms with E-state index in [4.69, 9.17) is 11.6 Å². The lowest BCUT2D eigenvalue weighted by molar-refractivity contribution is 0.420. The van der Waals surface area contributed by atoms with E-state index >= 15 is 0 Å². The molecule has 1 aromatic carbocycles. The molecule has 2 aliphatic carbocycles. The van der Waals surface area contributed by atoms with Crippen LogP contribution in [-0.4, -0.2) is 0 Å². The Hall–Kier alpha value is -0.490. The molecule has 0 unspecified atom stereocenters. The Kier molecular flexibility index (Phi) is 2.05. The molecule has 3 rings (SSSR count). The number of fused-ring (bicyclic) bond motifs is 2. The highest BCUT2D eigenvalue weighted by atomic mass is 35.5. The smallest absolute Gasteiger partial charge is 0.0406 e. The summed E-state index contributed by atoms with van der Waals surface area (Å²) in [5.74, 6) is 2.84. The summed E-state index contributed by atoms with van der Waals surface area (Å²) in [4.78, 5) is 0. The molecule has 14 heavy (non-hydrogen) atoms. The van der Waals surface area contributed by atoms with Gasteiger partial charge in [0.05, 0.1) is 0 Å². The molecule has 0 aromatic heterocycles. The van der Waals surface area contributed by atoms with Gasteiger partial charge in [-0.05, 0) is 54.7 Å². The van der Waals surface area contributed by atoms with Gasteiger partial charge in [0.25, 0.3) is 0 Å². The van der Waals surface area contributed by atoms with Crippen LogP contribution in [0.5, 0.6) is 0 Å². The SMILES string of the molecule is Clc1ccc([C@H]2C[C@@H]3CC[C@H]2C3)cc1. The van der Waals surface area contributed by atoms with E-state index in [2.05, 4.69) is 12.1 Å². The summed E-state index contributed by atoms with van der Waals surface area (Å²) >= 11 is 5.90. The summed E-state index contributed by atoms with van der Waals surface area (Å²) < 4.78 is 0. The minimum Gasteiger partial charge on any atom is -0.0843 e. The van der Waals surface area contributed by atoms with Gasteiger partial charge < -0.3 is 0 Å².